The van der Waals surface area contributed by atoms with Crippen LogP contribution in [0.25, 0.3) is 0 Å². The van der Waals surface area contributed by atoms with Crippen LogP contribution in [0.2, 0.25) is 0 Å². The number of nitrogens with zero attached hydrogens (tertiary/aromatic N) is 1. The predicted molar refractivity (Wildman–Crippen MR) is 63.7 cm³/mol. The third-order valence-corrected chi connectivity index (χ3v) is 3.63. The van der Waals surface area contributed by atoms with Crippen LogP contribution in [0.15, 0.2) is 5.16 Å². The summed E-state index contributed by atoms with van der Waals surface area (Å²) in [5.41, 5.74) is 5.37. The Hall–Kier alpha value is -1.11. The first-order valence-electron chi connectivity index (χ1n) is 5.01. The molecule has 0 rings (SSSR count). The molecule has 0 saturated heterocycles. The molecule has 0 heterocycles. The van der Waals surface area contributed by atoms with Gasteiger partial charge in [-0.2, -0.15) is 0 Å². The zero-order valence-electron chi connectivity index (χ0n) is 9.77. The van der Waals surface area contributed by atoms with Gasteiger partial charge in [-0.25, -0.2) is 0 Å². The maximum absolute atomic E-state index is 11.6. The summed E-state index contributed by atoms with van der Waals surface area (Å²) in [6.07, 6.45) is 2.03. The van der Waals surface area contributed by atoms with Crippen LogP contribution in [0.5, 0.6) is 0 Å². The van der Waals surface area contributed by atoms with Crippen LogP contribution in [-0.4, -0.2) is 39.2 Å². The topological polar surface area (TPSA) is 105 Å². The second kappa shape index (κ2) is 7.21. The number of hydrogen-bond acceptors (Lipinski definition) is 4. The fourth-order valence-electron chi connectivity index (χ4n) is 1.08. The molecule has 3 atom stereocenters. The molecule has 0 spiro atoms. The highest BCUT2D eigenvalue weighted by Crippen LogP contribution is 2.03. The van der Waals surface area contributed by atoms with Gasteiger partial charge in [-0.1, -0.05) is 12.1 Å². The summed E-state index contributed by atoms with van der Waals surface area (Å²) >= 11 is 0. The molecule has 0 radical (unpaired) electrons. The third kappa shape index (κ3) is 4.61. The van der Waals surface area contributed by atoms with E-state index in [-0.39, 0.29) is 17.0 Å². The highest BCUT2D eigenvalue weighted by atomic mass is 32.2. The first kappa shape index (κ1) is 14.9. The van der Waals surface area contributed by atoms with Gasteiger partial charge in [0.2, 0.25) is 5.91 Å². The van der Waals surface area contributed by atoms with E-state index in [2.05, 4.69) is 10.5 Å². The quantitative estimate of drug-likeness (QED) is 0.259. The van der Waals surface area contributed by atoms with Crippen LogP contribution >= 0.6 is 0 Å². The highest BCUT2D eigenvalue weighted by molar-refractivity contribution is 7.84. The Bertz CT molecular complexity index is 294. The molecule has 7 heteroatoms. The van der Waals surface area contributed by atoms with E-state index >= 15 is 0 Å². The van der Waals surface area contributed by atoms with Crippen LogP contribution in [0.3, 0.4) is 0 Å². The molecule has 0 saturated carbocycles. The molecular weight excluding hydrogens is 230 g/mol. The Morgan fingerprint density at radius 1 is 1.62 bits per heavy atom. The van der Waals surface area contributed by atoms with Crippen molar-refractivity contribution in [1.82, 2.24) is 5.32 Å². The van der Waals surface area contributed by atoms with Crippen molar-refractivity contribution in [3.63, 3.8) is 0 Å². The monoisotopic (exact) mass is 249 g/mol. The van der Waals surface area contributed by atoms with Crippen molar-refractivity contribution in [2.24, 2.45) is 16.8 Å². The van der Waals surface area contributed by atoms with Crippen molar-refractivity contribution in [1.29, 1.82) is 0 Å². The third-order valence-electron chi connectivity index (χ3n) is 2.33. The molecule has 94 valence electrons. The second-order valence-corrected chi connectivity index (χ2v) is 5.34. The Morgan fingerprint density at radius 2 is 2.19 bits per heavy atom. The lowest BCUT2D eigenvalue weighted by molar-refractivity contribution is -0.123. The molecule has 0 aromatic rings. The van der Waals surface area contributed by atoms with E-state index in [0.717, 1.165) is 0 Å². The summed E-state index contributed by atoms with van der Waals surface area (Å²) in [7, 11) is -0.980. The molecule has 0 aliphatic rings. The Labute approximate surface area is 97.7 Å². The summed E-state index contributed by atoms with van der Waals surface area (Å²) in [4.78, 5) is 11.6. The van der Waals surface area contributed by atoms with E-state index < -0.39 is 16.7 Å². The summed E-state index contributed by atoms with van der Waals surface area (Å²) in [6.45, 7) is 3.86. The summed E-state index contributed by atoms with van der Waals surface area (Å²) < 4.78 is 11.1. The minimum Gasteiger partial charge on any atom is -0.409 e. The average molecular weight is 249 g/mol. The number of amidine groups is 1. The standard InChI is InChI=1S/C9H19N3O3S/c1-4-7(8(10)12-14)9(13)11-5-6(2)16(3)15/h6-7,14H,4-5H2,1-3H3,(H2,10,12)(H,11,13). The minimum atomic E-state index is -0.980. The normalized spacial score (nSPS) is 17.6. The number of nitrogens with two attached hydrogens (primary N) is 1. The van der Waals surface area contributed by atoms with Gasteiger partial charge in [0.15, 0.2) is 5.84 Å². The van der Waals surface area contributed by atoms with Crippen molar-refractivity contribution < 1.29 is 14.2 Å². The molecular formula is C9H19N3O3S. The molecule has 1 amide bonds. The van der Waals surface area contributed by atoms with Gasteiger partial charge in [-0.15, -0.1) is 0 Å². The molecule has 16 heavy (non-hydrogen) atoms. The van der Waals surface area contributed by atoms with E-state index in [1.54, 1.807) is 20.1 Å². The molecule has 0 fully saturated rings. The lowest BCUT2D eigenvalue weighted by atomic mass is 10.0. The fourth-order valence-corrected chi connectivity index (χ4v) is 1.40. The minimum absolute atomic E-state index is 0.106. The first-order valence-corrected chi connectivity index (χ1v) is 6.63. The van der Waals surface area contributed by atoms with E-state index in [0.29, 0.717) is 13.0 Å². The summed E-state index contributed by atoms with van der Waals surface area (Å²) in [5, 5.41) is 13.8. The van der Waals surface area contributed by atoms with Crippen molar-refractivity contribution in [3.8, 4) is 0 Å². The van der Waals surface area contributed by atoms with Gasteiger partial charge in [0.25, 0.3) is 0 Å². The number of carbonyl (C=O) groups excluding carboxylic acids is 1. The number of oxime groups is 1. The number of carbonyl (C=O) groups is 1. The second-order valence-electron chi connectivity index (χ2n) is 3.54. The van der Waals surface area contributed by atoms with E-state index in [4.69, 9.17) is 10.9 Å². The predicted octanol–water partition coefficient (Wildman–Crippen LogP) is -0.358. The molecule has 0 bridgehead atoms. The zero-order valence-corrected chi connectivity index (χ0v) is 10.6. The largest absolute Gasteiger partial charge is 0.409 e. The Morgan fingerprint density at radius 3 is 2.56 bits per heavy atom. The molecule has 6 nitrogen and oxygen atoms in total. The van der Waals surface area contributed by atoms with E-state index in [1.165, 1.54) is 0 Å². The van der Waals surface area contributed by atoms with Crippen molar-refractivity contribution in [2.75, 3.05) is 12.8 Å². The Balaban J connectivity index is 4.29. The van der Waals surface area contributed by atoms with Gasteiger partial charge >= 0.3 is 0 Å². The van der Waals surface area contributed by atoms with Gasteiger partial charge in [0.05, 0.1) is 5.92 Å². The lowest BCUT2D eigenvalue weighted by Crippen LogP contribution is -2.41. The van der Waals surface area contributed by atoms with E-state index in [9.17, 15) is 9.00 Å². The fraction of sp³-hybridized carbons (Fsp3) is 0.778. The van der Waals surface area contributed by atoms with Crippen LogP contribution < -0.4 is 11.1 Å². The maximum Gasteiger partial charge on any atom is 0.230 e. The number of rotatable bonds is 6. The average Bonchev–Trinajstić information content (AvgIpc) is 2.26. The van der Waals surface area contributed by atoms with Gasteiger partial charge < -0.3 is 16.3 Å². The summed E-state index contributed by atoms with van der Waals surface area (Å²) in [6, 6.07) is 0. The molecule has 4 N–H and O–H groups in total. The summed E-state index contributed by atoms with van der Waals surface area (Å²) in [5.74, 6) is -1.05. The van der Waals surface area contributed by atoms with Crippen molar-refractivity contribution >= 4 is 22.5 Å². The number of nitrogens with one attached hydrogen (secondary N) is 1. The van der Waals surface area contributed by atoms with Crippen LogP contribution in [0.4, 0.5) is 0 Å². The van der Waals surface area contributed by atoms with E-state index in [1.807, 2.05) is 0 Å². The Kier molecular flexibility index (Phi) is 6.71. The molecule has 3 unspecified atom stereocenters. The molecule has 0 aliphatic heterocycles. The number of hydrogen-bond donors (Lipinski definition) is 3. The molecule has 0 aromatic heterocycles. The van der Waals surface area contributed by atoms with Crippen LogP contribution in [0.1, 0.15) is 20.3 Å². The highest BCUT2D eigenvalue weighted by Gasteiger charge is 2.21. The SMILES string of the molecule is CCC(C(=O)NCC(C)S(C)=O)C(N)=NO. The van der Waals surface area contributed by atoms with Crippen LogP contribution in [0, 0.1) is 5.92 Å². The molecule has 0 aromatic carbocycles. The first-order chi connectivity index (χ1) is 7.43. The maximum atomic E-state index is 11.6. The van der Waals surface area contributed by atoms with Gasteiger partial charge in [-0.05, 0) is 13.3 Å². The van der Waals surface area contributed by atoms with Crippen molar-refractivity contribution in [2.45, 2.75) is 25.5 Å². The van der Waals surface area contributed by atoms with Crippen LogP contribution in [-0.2, 0) is 15.6 Å². The smallest absolute Gasteiger partial charge is 0.230 e. The van der Waals surface area contributed by atoms with Gasteiger partial charge in [-0.3, -0.25) is 9.00 Å². The van der Waals surface area contributed by atoms with Crippen molar-refractivity contribution in [3.05, 3.63) is 0 Å². The zero-order chi connectivity index (χ0) is 12.7. The lowest BCUT2D eigenvalue weighted by Gasteiger charge is -2.15. The van der Waals surface area contributed by atoms with Gasteiger partial charge in [0.1, 0.15) is 0 Å². The number of amides is 1. The van der Waals surface area contributed by atoms with Gasteiger partial charge in [0, 0.05) is 28.9 Å². The molecule has 0 aliphatic carbocycles.